The van der Waals surface area contributed by atoms with Crippen molar-refractivity contribution in [2.75, 3.05) is 52.9 Å². The molecule has 0 aromatic rings. The molecule has 0 aromatic heterocycles. The molecule has 10 fully saturated rings. The van der Waals surface area contributed by atoms with Crippen molar-refractivity contribution >= 4 is 23.6 Å². The van der Waals surface area contributed by atoms with Gasteiger partial charge in [0.25, 0.3) is 0 Å². The smallest absolute Gasteiger partial charge is 0.217 e. The Labute approximate surface area is 686 Å². The molecule has 30 N–H and O–H groups in total. The van der Waals surface area contributed by atoms with Gasteiger partial charge in [0, 0.05) is 27.7 Å². The maximum absolute atomic E-state index is 13.3. The van der Waals surface area contributed by atoms with E-state index in [2.05, 4.69) is 21.3 Å². The van der Waals surface area contributed by atoms with Crippen LogP contribution in [0.5, 0.6) is 0 Å². The predicted molar refractivity (Wildman–Crippen MR) is 373 cm³/mol. The largest absolute Gasteiger partial charge is 0.394 e. The molecule has 53 nitrogen and oxygen atoms in total. The van der Waals surface area contributed by atoms with Crippen LogP contribution >= 0.6 is 0 Å². The van der Waals surface area contributed by atoms with E-state index in [9.17, 15) is 152 Å². The predicted octanol–water partition coefficient (Wildman–Crippen LogP) is -20.2. The number of amides is 4. The Morgan fingerprint density at radius 2 is 0.488 bits per heavy atom. The van der Waals surface area contributed by atoms with Crippen molar-refractivity contribution in [3.8, 4) is 0 Å². The molecule has 0 radical (unpaired) electrons. The minimum Gasteiger partial charge on any atom is -0.394 e. The fraction of sp³-hybridized carbons (Fsp3) is 0.941. The summed E-state index contributed by atoms with van der Waals surface area (Å²) in [4.78, 5) is 52.6. The van der Waals surface area contributed by atoms with Crippen molar-refractivity contribution in [1.82, 2.24) is 21.3 Å². The van der Waals surface area contributed by atoms with Crippen LogP contribution in [0.4, 0.5) is 0 Å². The molecular formula is C68H114N4O49. The van der Waals surface area contributed by atoms with Gasteiger partial charge in [-0.3, -0.25) is 19.2 Å². The van der Waals surface area contributed by atoms with Crippen LogP contribution in [0.2, 0.25) is 0 Å². The molecule has 0 aliphatic carbocycles. The zero-order valence-corrected chi connectivity index (χ0v) is 65.5. The van der Waals surface area contributed by atoms with Crippen LogP contribution < -0.4 is 21.3 Å². The van der Waals surface area contributed by atoms with Gasteiger partial charge in [-0.05, 0) is 13.8 Å². The Hall–Kier alpha value is -3.92. The molecule has 10 aliphatic rings. The number of ether oxygens (including phenoxy) is 19. The van der Waals surface area contributed by atoms with Crippen molar-refractivity contribution < 1.29 is 242 Å². The van der Waals surface area contributed by atoms with E-state index in [0.29, 0.717) is 0 Å². The average molecular weight is 1770 g/mol. The molecule has 0 aromatic carbocycles. The lowest BCUT2D eigenvalue weighted by Crippen LogP contribution is -2.71. The van der Waals surface area contributed by atoms with Crippen molar-refractivity contribution in [3.63, 3.8) is 0 Å². The van der Waals surface area contributed by atoms with Gasteiger partial charge in [-0.15, -0.1) is 0 Å². The summed E-state index contributed by atoms with van der Waals surface area (Å²) in [5.41, 5.74) is 0. The molecule has 4 amide bonds. The minimum absolute atomic E-state index is 0.936. The third-order valence-corrected chi connectivity index (χ3v) is 22.4. The van der Waals surface area contributed by atoms with Crippen molar-refractivity contribution in [1.29, 1.82) is 0 Å². The van der Waals surface area contributed by atoms with Crippen LogP contribution in [0.25, 0.3) is 0 Å². The van der Waals surface area contributed by atoms with E-state index in [4.69, 9.17) is 90.0 Å². The van der Waals surface area contributed by atoms with Gasteiger partial charge in [0.15, 0.2) is 62.9 Å². The van der Waals surface area contributed by atoms with E-state index in [0.717, 1.165) is 27.7 Å². The minimum atomic E-state index is -2.36. The fourth-order valence-electron chi connectivity index (χ4n) is 15.8. The van der Waals surface area contributed by atoms with Crippen molar-refractivity contribution in [2.24, 2.45) is 0 Å². The van der Waals surface area contributed by atoms with Gasteiger partial charge in [0.05, 0.1) is 65.1 Å². The van der Waals surface area contributed by atoms with Crippen LogP contribution in [0.1, 0.15) is 41.5 Å². The molecule has 10 rings (SSSR count). The third kappa shape index (κ3) is 21.8. The highest BCUT2D eigenvalue weighted by Gasteiger charge is 2.63. The monoisotopic (exact) mass is 1770 g/mol. The highest BCUT2D eigenvalue weighted by molar-refractivity contribution is 5.74. The molecular weight excluding hydrogens is 1660 g/mol. The average Bonchev–Trinajstić information content (AvgIpc) is 0.757. The summed E-state index contributed by atoms with van der Waals surface area (Å²) in [5.74, 6) is -3.82. The molecule has 121 heavy (non-hydrogen) atoms. The van der Waals surface area contributed by atoms with Crippen molar-refractivity contribution in [3.05, 3.63) is 0 Å². The number of carbonyl (C=O) groups excluding carboxylic acids is 4. The summed E-state index contributed by atoms with van der Waals surface area (Å²) in [6.07, 6.45) is -94.6. The normalized spacial score (nSPS) is 50.0. The summed E-state index contributed by atoms with van der Waals surface area (Å²) in [5, 5.41) is 299. The van der Waals surface area contributed by atoms with Crippen LogP contribution in [0.15, 0.2) is 0 Å². The lowest BCUT2D eigenvalue weighted by molar-refractivity contribution is -0.402. The van der Waals surface area contributed by atoms with Crippen LogP contribution in [-0.4, -0.2) is 516 Å². The second-order valence-electron chi connectivity index (χ2n) is 30.9. The van der Waals surface area contributed by atoms with E-state index in [1.54, 1.807) is 0 Å². The molecule has 50 atom stereocenters. The first-order valence-electron chi connectivity index (χ1n) is 38.9. The zero-order chi connectivity index (χ0) is 89.1. The Morgan fingerprint density at radius 3 is 0.851 bits per heavy atom. The summed E-state index contributed by atoms with van der Waals surface area (Å²) >= 11 is 0. The van der Waals surface area contributed by atoms with E-state index in [-0.39, 0.29) is 0 Å². The number of rotatable bonds is 30. The van der Waals surface area contributed by atoms with E-state index >= 15 is 0 Å². The second kappa shape index (κ2) is 43.0. The summed E-state index contributed by atoms with van der Waals surface area (Å²) in [7, 11) is 0. The van der Waals surface area contributed by atoms with E-state index in [1.165, 1.54) is 13.8 Å². The van der Waals surface area contributed by atoms with Gasteiger partial charge >= 0.3 is 0 Å². The van der Waals surface area contributed by atoms with Crippen LogP contribution in [0.3, 0.4) is 0 Å². The molecule has 10 heterocycles. The number of nitrogens with one attached hydrogen (secondary N) is 4. The lowest BCUT2D eigenvalue weighted by Gasteiger charge is -2.52. The van der Waals surface area contributed by atoms with Gasteiger partial charge < -0.3 is 244 Å². The maximum Gasteiger partial charge on any atom is 0.217 e. The number of hydrogen-bond donors (Lipinski definition) is 30. The Bertz CT molecular complexity index is 3270. The molecule has 0 bridgehead atoms. The van der Waals surface area contributed by atoms with Gasteiger partial charge in [0.2, 0.25) is 23.6 Å². The molecule has 0 saturated carbocycles. The zero-order valence-electron chi connectivity index (χ0n) is 65.5. The number of carbonyl (C=O) groups is 4. The molecule has 10 aliphatic heterocycles. The first-order valence-corrected chi connectivity index (χ1v) is 38.9. The quantitative estimate of drug-likeness (QED) is 0.0318. The van der Waals surface area contributed by atoms with E-state index < -0.39 is 383 Å². The molecule has 700 valence electrons. The topological polar surface area (TPSA) is 818 Å². The molecule has 53 heteroatoms. The number of aliphatic hydroxyl groups excluding tert-OH is 26. The molecule has 0 unspecified atom stereocenters. The van der Waals surface area contributed by atoms with Gasteiger partial charge in [0.1, 0.15) is 232 Å². The van der Waals surface area contributed by atoms with E-state index in [1.807, 2.05) is 0 Å². The van der Waals surface area contributed by atoms with Crippen LogP contribution in [0, 0.1) is 0 Å². The first kappa shape index (κ1) is 99.2. The SMILES string of the molecule is CC(=O)N[C@@H]1[C@@H](O[C@@H]2O[C@H](CO)[C@H](O)[C@H](O[C@H]3O[C@H](CO)[C@H](O)[C@H](O[C@H]4O[C@H](CO)[C@H](O)[C@H](O)[C@H]4O)[C@H]3NC(C)=O)[C@H]2O[C@@H]2O[C@@H](C)[C@@H](O)[C@@H](O)[C@@H]2O)[C@@H](O)[C@@H](CO[C@@H]2O[C@H](CO)[C@@H](O[C@@H]3O[C@H](CO)[C@H](O)[C@H](O[C@H]4O[C@H](CO)[C@H](O)[C@H](O[C@H]5O[C@H](CO)[C@H](O)[C@H](O)[C@H]5O)[C@H]4NC(C)=O)[C@H]3O[C@@H]3O[C@@H](C)[C@@H](O)[C@@H](O)[C@@H]3O)[C@H](O)[C@H]2NC(C)=O)O[C@@H]1O. The first-order chi connectivity index (χ1) is 57.2. The standard InChI is InChI=1S/C68H114N4O49/c1-15-33(84)43(94)47(98)63(104-15)120-57-55(118-61-31(71-19(5)82)53(37(88)23(9-75)107-61)115-65-49(100)45(96)35(86)21(7-73)109-65)39(90)25(11-77)111-67(57)114-51-27(13-79)113-60(29(42(51)93)69-17(3)80)103-14-28-41(92)52(30(59(102)106-28)70-18(4)81)117-68-58(121-64-48(99)44(95)34(85)16(2)105-64)56(40(91)26(12-78)112-68)119-62-32(72-20(6)83)54(38(89)24(10-76)108-62)116-66-50(101)46(97)36(87)22(8-74)110-66/h15-16,21-68,73-79,84-102H,7-14H2,1-6H3,(H,69,80)(H,70,81)(H,71,82)(H,72,83)/t15-,16-,21+,22+,23+,24+,25+,26+,27+,28+,29+,30+,31+,32+,33+,34+,35-,36-,37-,38-,39-,40-,41-,42+,43+,44+,45-,46-,47-,48-,49+,50+,51+,52+,53+,54+,55-,56-,57+,58+,59-,60+,61+,62+,63-,64-,65+,66+,67-,68-/m0/s1. The second-order valence-corrected chi connectivity index (χ2v) is 30.9. The Morgan fingerprint density at radius 1 is 0.231 bits per heavy atom. The molecule has 10 saturated heterocycles. The Kier molecular flexibility index (Phi) is 35.3. The summed E-state index contributed by atoms with van der Waals surface area (Å²) in [6, 6.07) is -7.76. The lowest BCUT2D eigenvalue weighted by atomic mass is 9.93. The summed E-state index contributed by atoms with van der Waals surface area (Å²) < 4.78 is 115. The van der Waals surface area contributed by atoms with Gasteiger partial charge in [-0.2, -0.15) is 0 Å². The van der Waals surface area contributed by atoms with Crippen LogP contribution in [-0.2, 0) is 109 Å². The Balaban J connectivity index is 0.950. The fourth-order valence-corrected chi connectivity index (χ4v) is 15.8. The third-order valence-electron chi connectivity index (χ3n) is 22.4. The number of aliphatic hydroxyl groups is 26. The van der Waals surface area contributed by atoms with Crippen molar-refractivity contribution in [2.45, 2.75) is 348 Å². The highest BCUT2D eigenvalue weighted by atomic mass is 16.8. The maximum atomic E-state index is 13.3. The van der Waals surface area contributed by atoms with Gasteiger partial charge in [-0.1, -0.05) is 0 Å². The van der Waals surface area contributed by atoms with Gasteiger partial charge in [-0.25, -0.2) is 0 Å². The molecule has 0 spiro atoms. The highest BCUT2D eigenvalue weighted by Crippen LogP contribution is 2.42. The number of hydrogen-bond acceptors (Lipinski definition) is 49. The summed E-state index contributed by atoms with van der Waals surface area (Å²) in [6.45, 7) is -2.66.